The van der Waals surface area contributed by atoms with Crippen molar-refractivity contribution in [2.75, 3.05) is 10.5 Å². The number of thiazole rings is 1. The van der Waals surface area contributed by atoms with Crippen LogP contribution in [0.1, 0.15) is 26.5 Å². The molecule has 0 saturated heterocycles. The molecule has 0 aliphatic carbocycles. The Morgan fingerprint density at radius 3 is 2.48 bits per heavy atom. The van der Waals surface area contributed by atoms with Crippen LogP contribution in [0.3, 0.4) is 0 Å². The molecule has 2 rings (SSSR count). The Morgan fingerprint density at radius 2 is 1.95 bits per heavy atom. The van der Waals surface area contributed by atoms with E-state index in [-0.39, 0.29) is 21.1 Å². The third kappa shape index (κ3) is 3.70. The smallest absolute Gasteiger partial charge is 0.263 e. The average molecular weight is 329 g/mol. The first-order chi connectivity index (χ1) is 9.58. The maximum Gasteiger partial charge on any atom is 0.263 e. The van der Waals surface area contributed by atoms with E-state index in [4.69, 9.17) is 5.73 Å². The molecule has 0 aliphatic heterocycles. The standard InChI is InChI=1S/C13H16FN3O2S2/c1-13(2,3)11-7-20-12(16-11)17-21(18,19)10-5-8(14)4-9(15)6-10/h4-7H,15H2,1-3H3,(H,16,17). The second-order valence-corrected chi connectivity index (χ2v) is 8.15. The number of nitrogen functional groups attached to an aromatic ring is 1. The van der Waals surface area contributed by atoms with Crippen molar-refractivity contribution >= 4 is 32.2 Å². The van der Waals surface area contributed by atoms with Gasteiger partial charge in [-0.3, -0.25) is 4.72 Å². The van der Waals surface area contributed by atoms with Crippen molar-refractivity contribution in [3.63, 3.8) is 0 Å². The SMILES string of the molecule is CC(C)(C)c1csc(NS(=O)(=O)c2cc(N)cc(F)c2)n1. The molecule has 0 bridgehead atoms. The van der Waals surface area contributed by atoms with Crippen LogP contribution in [0.15, 0.2) is 28.5 Å². The van der Waals surface area contributed by atoms with Crippen LogP contribution >= 0.6 is 11.3 Å². The monoisotopic (exact) mass is 329 g/mol. The van der Waals surface area contributed by atoms with E-state index in [1.54, 1.807) is 5.38 Å². The number of benzene rings is 1. The summed E-state index contributed by atoms with van der Waals surface area (Å²) < 4.78 is 40.0. The van der Waals surface area contributed by atoms with Crippen molar-refractivity contribution < 1.29 is 12.8 Å². The summed E-state index contributed by atoms with van der Waals surface area (Å²) in [5.74, 6) is -0.704. The summed E-state index contributed by atoms with van der Waals surface area (Å²) in [5.41, 5.74) is 6.12. The lowest BCUT2D eigenvalue weighted by molar-refractivity contribution is 0.573. The molecule has 0 unspecified atom stereocenters. The van der Waals surface area contributed by atoms with Gasteiger partial charge in [-0.1, -0.05) is 20.8 Å². The number of nitrogens with one attached hydrogen (secondary N) is 1. The van der Waals surface area contributed by atoms with E-state index in [1.165, 1.54) is 17.4 Å². The van der Waals surface area contributed by atoms with Crippen LogP contribution in [0.2, 0.25) is 0 Å². The fraction of sp³-hybridized carbons (Fsp3) is 0.308. The molecule has 0 amide bonds. The molecule has 0 radical (unpaired) electrons. The van der Waals surface area contributed by atoms with E-state index in [9.17, 15) is 12.8 Å². The Bertz CT molecular complexity index is 744. The van der Waals surface area contributed by atoms with Gasteiger partial charge in [0.2, 0.25) is 0 Å². The molecule has 0 saturated carbocycles. The number of halogens is 1. The summed E-state index contributed by atoms with van der Waals surface area (Å²) in [7, 11) is -3.91. The molecule has 0 spiro atoms. The Kier molecular flexibility index (Phi) is 3.94. The predicted molar refractivity (Wildman–Crippen MR) is 82.4 cm³/mol. The zero-order valence-corrected chi connectivity index (χ0v) is 13.5. The number of aromatic nitrogens is 1. The average Bonchev–Trinajstić information content (AvgIpc) is 2.75. The highest BCUT2D eigenvalue weighted by atomic mass is 32.2. The van der Waals surface area contributed by atoms with Gasteiger partial charge in [0, 0.05) is 16.5 Å². The number of hydrogen-bond donors (Lipinski definition) is 2. The normalized spacial score (nSPS) is 12.4. The topological polar surface area (TPSA) is 85.1 Å². The van der Waals surface area contributed by atoms with Gasteiger partial charge in [-0.2, -0.15) is 0 Å². The minimum absolute atomic E-state index is 0.0462. The zero-order valence-electron chi connectivity index (χ0n) is 11.8. The second-order valence-electron chi connectivity index (χ2n) is 5.61. The summed E-state index contributed by atoms with van der Waals surface area (Å²) in [6.45, 7) is 5.94. The van der Waals surface area contributed by atoms with Crippen LogP contribution in [-0.2, 0) is 15.4 Å². The zero-order chi connectivity index (χ0) is 15.8. The lowest BCUT2D eigenvalue weighted by Gasteiger charge is -2.14. The highest BCUT2D eigenvalue weighted by molar-refractivity contribution is 7.93. The van der Waals surface area contributed by atoms with E-state index in [1.807, 2.05) is 20.8 Å². The van der Waals surface area contributed by atoms with Crippen molar-refractivity contribution in [1.29, 1.82) is 0 Å². The van der Waals surface area contributed by atoms with Gasteiger partial charge in [-0.15, -0.1) is 11.3 Å². The van der Waals surface area contributed by atoms with Gasteiger partial charge < -0.3 is 5.73 Å². The van der Waals surface area contributed by atoms with Crippen LogP contribution in [0.25, 0.3) is 0 Å². The van der Waals surface area contributed by atoms with Gasteiger partial charge in [-0.25, -0.2) is 17.8 Å². The molecule has 2 aromatic rings. The van der Waals surface area contributed by atoms with Crippen molar-refractivity contribution in [2.45, 2.75) is 31.1 Å². The second kappa shape index (κ2) is 5.27. The third-order valence-corrected chi connectivity index (χ3v) is 4.90. The molecule has 21 heavy (non-hydrogen) atoms. The molecule has 114 valence electrons. The Hall–Kier alpha value is -1.67. The first-order valence-electron chi connectivity index (χ1n) is 6.13. The summed E-state index contributed by atoms with van der Waals surface area (Å²) in [4.78, 5) is 4.01. The van der Waals surface area contributed by atoms with E-state index in [2.05, 4.69) is 9.71 Å². The van der Waals surface area contributed by atoms with Gasteiger partial charge in [-0.05, 0) is 18.2 Å². The van der Waals surface area contributed by atoms with Crippen LogP contribution < -0.4 is 10.5 Å². The molecule has 1 heterocycles. The van der Waals surface area contributed by atoms with Crippen LogP contribution in [-0.4, -0.2) is 13.4 Å². The molecule has 0 atom stereocenters. The van der Waals surface area contributed by atoms with E-state index in [0.29, 0.717) is 0 Å². The van der Waals surface area contributed by atoms with Crippen molar-refractivity contribution in [3.8, 4) is 0 Å². The largest absolute Gasteiger partial charge is 0.399 e. The van der Waals surface area contributed by atoms with Crippen molar-refractivity contribution in [3.05, 3.63) is 35.1 Å². The highest BCUT2D eigenvalue weighted by Gasteiger charge is 2.21. The lowest BCUT2D eigenvalue weighted by atomic mass is 9.93. The Labute approximate surface area is 127 Å². The van der Waals surface area contributed by atoms with Crippen molar-refractivity contribution in [1.82, 2.24) is 4.98 Å². The summed E-state index contributed by atoms with van der Waals surface area (Å²) in [6.07, 6.45) is 0. The molecule has 5 nitrogen and oxygen atoms in total. The number of sulfonamides is 1. The predicted octanol–water partition coefficient (Wildman–Crippen LogP) is 2.96. The Balaban J connectivity index is 2.31. The van der Waals surface area contributed by atoms with Crippen LogP contribution in [0.5, 0.6) is 0 Å². The fourth-order valence-corrected chi connectivity index (χ4v) is 3.83. The first kappa shape index (κ1) is 15.7. The number of hydrogen-bond acceptors (Lipinski definition) is 5. The van der Waals surface area contributed by atoms with Gasteiger partial charge in [0.1, 0.15) is 5.82 Å². The molecule has 3 N–H and O–H groups in total. The van der Waals surface area contributed by atoms with Gasteiger partial charge in [0.25, 0.3) is 10.0 Å². The number of nitrogens with zero attached hydrogens (tertiary/aromatic N) is 1. The maximum absolute atomic E-state index is 13.3. The lowest BCUT2D eigenvalue weighted by Crippen LogP contribution is -2.15. The van der Waals surface area contributed by atoms with Gasteiger partial charge in [0.15, 0.2) is 5.13 Å². The highest BCUT2D eigenvalue weighted by Crippen LogP contribution is 2.28. The summed E-state index contributed by atoms with van der Waals surface area (Å²) in [6, 6.07) is 3.17. The van der Waals surface area contributed by atoms with Gasteiger partial charge >= 0.3 is 0 Å². The first-order valence-corrected chi connectivity index (χ1v) is 8.49. The molecule has 1 aromatic carbocycles. The molecule has 0 aliphatic rings. The summed E-state index contributed by atoms with van der Waals surface area (Å²) in [5, 5.41) is 2.03. The van der Waals surface area contributed by atoms with Crippen molar-refractivity contribution in [2.24, 2.45) is 0 Å². The molecular weight excluding hydrogens is 313 g/mol. The quantitative estimate of drug-likeness (QED) is 0.848. The minimum atomic E-state index is -3.91. The number of nitrogens with two attached hydrogens (primary N) is 1. The van der Waals surface area contributed by atoms with E-state index >= 15 is 0 Å². The van der Waals surface area contributed by atoms with Crippen LogP contribution in [0.4, 0.5) is 15.2 Å². The third-order valence-electron chi connectivity index (χ3n) is 2.70. The Morgan fingerprint density at radius 1 is 1.29 bits per heavy atom. The molecule has 1 aromatic heterocycles. The van der Waals surface area contributed by atoms with E-state index in [0.717, 1.165) is 17.8 Å². The number of rotatable bonds is 3. The maximum atomic E-state index is 13.3. The molecule has 8 heteroatoms. The van der Waals surface area contributed by atoms with Crippen LogP contribution in [0, 0.1) is 5.82 Å². The van der Waals surface area contributed by atoms with E-state index < -0.39 is 15.8 Å². The summed E-state index contributed by atoms with van der Waals surface area (Å²) >= 11 is 1.18. The van der Waals surface area contributed by atoms with Gasteiger partial charge in [0.05, 0.1) is 10.6 Å². The molecule has 0 fully saturated rings. The molecular formula is C13H16FN3O2S2. The number of anilines is 2. The fourth-order valence-electron chi connectivity index (χ4n) is 1.58. The minimum Gasteiger partial charge on any atom is -0.399 e.